The van der Waals surface area contributed by atoms with Crippen LogP contribution in [0.2, 0.25) is 0 Å². The summed E-state index contributed by atoms with van der Waals surface area (Å²) in [6.07, 6.45) is 0. The molecule has 0 atom stereocenters. The lowest BCUT2D eigenvalue weighted by molar-refractivity contribution is 0.631. The Kier molecular flexibility index (Phi) is 3.62. The first-order valence-corrected chi connectivity index (χ1v) is 7.82. The van der Waals surface area contributed by atoms with Crippen LogP contribution in [0.15, 0.2) is 32.8 Å². The Morgan fingerprint density at radius 1 is 1.40 bits per heavy atom. The van der Waals surface area contributed by atoms with E-state index in [9.17, 15) is 9.18 Å². The van der Waals surface area contributed by atoms with E-state index < -0.39 is 0 Å². The van der Waals surface area contributed by atoms with Crippen LogP contribution < -0.4 is 5.56 Å². The second-order valence-corrected chi connectivity index (χ2v) is 6.14. The summed E-state index contributed by atoms with van der Waals surface area (Å²) in [5.41, 5.74) is 0.608. The molecule has 2 aromatic heterocycles. The molecule has 1 N–H and O–H groups in total. The third-order valence-electron chi connectivity index (χ3n) is 2.84. The molecule has 0 aliphatic heterocycles. The van der Waals surface area contributed by atoms with Crippen LogP contribution >= 0.6 is 38.9 Å². The van der Waals surface area contributed by atoms with Crippen LogP contribution in [-0.2, 0) is 5.88 Å². The van der Waals surface area contributed by atoms with E-state index in [-0.39, 0.29) is 17.3 Å². The number of benzene rings is 1. The van der Waals surface area contributed by atoms with Gasteiger partial charge in [0.2, 0.25) is 0 Å². The lowest BCUT2D eigenvalue weighted by atomic mass is 10.1. The molecule has 0 bridgehead atoms. The summed E-state index contributed by atoms with van der Waals surface area (Å²) in [6, 6.07) is 4.62. The molecule has 0 amide bonds. The number of hydrogen-bond acceptors (Lipinski definition) is 3. The van der Waals surface area contributed by atoms with Crippen molar-refractivity contribution < 1.29 is 4.39 Å². The molecular weight excluding hydrogens is 367 g/mol. The van der Waals surface area contributed by atoms with E-state index in [0.29, 0.717) is 27.2 Å². The number of thiophene rings is 1. The molecule has 0 fully saturated rings. The second kappa shape index (κ2) is 5.27. The first-order valence-electron chi connectivity index (χ1n) is 5.62. The van der Waals surface area contributed by atoms with Crippen LogP contribution in [-0.4, -0.2) is 9.97 Å². The molecule has 3 nitrogen and oxygen atoms in total. The molecule has 0 aliphatic carbocycles. The largest absolute Gasteiger partial charge is 0.309 e. The van der Waals surface area contributed by atoms with Gasteiger partial charge >= 0.3 is 0 Å². The average Bonchev–Trinajstić information content (AvgIpc) is 2.85. The predicted octanol–water partition coefficient (Wildman–Crippen LogP) is 4.29. The summed E-state index contributed by atoms with van der Waals surface area (Å²) in [6.45, 7) is 0. The van der Waals surface area contributed by atoms with Crippen LogP contribution in [0, 0.1) is 5.82 Å². The van der Waals surface area contributed by atoms with Crippen LogP contribution in [0.3, 0.4) is 0 Å². The molecule has 3 rings (SSSR count). The highest BCUT2D eigenvalue weighted by atomic mass is 79.9. The van der Waals surface area contributed by atoms with Crippen molar-refractivity contribution in [1.29, 1.82) is 0 Å². The highest BCUT2D eigenvalue weighted by molar-refractivity contribution is 9.10. The van der Waals surface area contributed by atoms with Gasteiger partial charge < -0.3 is 4.98 Å². The number of aromatic nitrogens is 2. The van der Waals surface area contributed by atoms with E-state index in [1.54, 1.807) is 17.5 Å². The van der Waals surface area contributed by atoms with Crippen molar-refractivity contribution in [3.05, 3.63) is 50.0 Å². The van der Waals surface area contributed by atoms with E-state index in [0.717, 1.165) is 4.47 Å². The van der Waals surface area contributed by atoms with Crippen molar-refractivity contribution in [3.63, 3.8) is 0 Å². The van der Waals surface area contributed by atoms with Gasteiger partial charge in [-0.3, -0.25) is 4.79 Å². The standard InChI is InChI=1S/C13H7BrClFN2OS/c14-6-1-2-9(16)7(3-6)8-5-20-13-11(8)12(19)17-10(4-15)18-13/h1-3,5H,4H2,(H,17,18,19). The van der Waals surface area contributed by atoms with Crippen LogP contribution in [0.25, 0.3) is 21.3 Å². The Hall–Kier alpha value is -1.24. The molecule has 20 heavy (non-hydrogen) atoms. The smallest absolute Gasteiger partial charge is 0.260 e. The average molecular weight is 374 g/mol. The molecule has 0 saturated heterocycles. The first kappa shape index (κ1) is 13.7. The number of nitrogens with one attached hydrogen (secondary N) is 1. The number of H-pyrrole nitrogens is 1. The Morgan fingerprint density at radius 3 is 2.95 bits per heavy atom. The molecule has 0 spiro atoms. The van der Waals surface area contributed by atoms with Gasteiger partial charge in [-0.1, -0.05) is 15.9 Å². The zero-order chi connectivity index (χ0) is 14.3. The lowest BCUT2D eigenvalue weighted by Gasteiger charge is -2.03. The van der Waals surface area contributed by atoms with Gasteiger partial charge in [0.1, 0.15) is 16.5 Å². The fourth-order valence-electron chi connectivity index (χ4n) is 1.96. The first-order chi connectivity index (χ1) is 9.60. The number of rotatable bonds is 2. The van der Waals surface area contributed by atoms with Gasteiger partial charge in [-0.05, 0) is 18.2 Å². The van der Waals surface area contributed by atoms with E-state index in [1.807, 2.05) is 0 Å². The summed E-state index contributed by atoms with van der Waals surface area (Å²) in [4.78, 5) is 19.5. The summed E-state index contributed by atoms with van der Waals surface area (Å²) in [5, 5.41) is 2.12. The Labute approximate surface area is 130 Å². The molecule has 0 aliphatic rings. The van der Waals surface area contributed by atoms with Crippen LogP contribution in [0.4, 0.5) is 4.39 Å². The molecule has 102 valence electrons. The van der Waals surface area contributed by atoms with Gasteiger partial charge in [0.15, 0.2) is 0 Å². The normalized spacial score (nSPS) is 11.2. The minimum Gasteiger partial charge on any atom is -0.309 e. The van der Waals surface area contributed by atoms with E-state index >= 15 is 0 Å². The lowest BCUT2D eigenvalue weighted by Crippen LogP contribution is -2.10. The Bertz CT molecular complexity index is 861. The quantitative estimate of drug-likeness (QED) is 0.681. The van der Waals surface area contributed by atoms with Crippen molar-refractivity contribution in [2.24, 2.45) is 0 Å². The van der Waals surface area contributed by atoms with Crippen molar-refractivity contribution >= 4 is 49.1 Å². The summed E-state index contributed by atoms with van der Waals surface area (Å²) >= 11 is 10.3. The topological polar surface area (TPSA) is 45.8 Å². The van der Waals surface area contributed by atoms with Crippen molar-refractivity contribution in [2.45, 2.75) is 5.88 Å². The van der Waals surface area contributed by atoms with Gasteiger partial charge in [0, 0.05) is 21.0 Å². The molecule has 7 heteroatoms. The summed E-state index contributed by atoms with van der Waals surface area (Å²) < 4.78 is 14.7. The van der Waals surface area contributed by atoms with Gasteiger partial charge in [-0.2, -0.15) is 0 Å². The van der Waals surface area contributed by atoms with Crippen LogP contribution in [0.5, 0.6) is 0 Å². The Balaban J connectivity index is 2.33. The monoisotopic (exact) mass is 372 g/mol. The van der Waals surface area contributed by atoms with Gasteiger partial charge in [0.05, 0.1) is 11.3 Å². The van der Waals surface area contributed by atoms with E-state index in [4.69, 9.17) is 11.6 Å². The van der Waals surface area contributed by atoms with Crippen molar-refractivity contribution in [2.75, 3.05) is 0 Å². The van der Waals surface area contributed by atoms with Crippen molar-refractivity contribution in [1.82, 2.24) is 9.97 Å². The van der Waals surface area contributed by atoms with Crippen molar-refractivity contribution in [3.8, 4) is 11.1 Å². The fraction of sp³-hybridized carbons (Fsp3) is 0.0769. The third-order valence-corrected chi connectivity index (χ3v) is 4.46. The molecule has 0 saturated carbocycles. The summed E-state index contributed by atoms with van der Waals surface area (Å²) in [7, 11) is 0. The molecule has 1 aromatic carbocycles. The minimum atomic E-state index is -0.381. The van der Waals surface area contributed by atoms with Crippen LogP contribution in [0.1, 0.15) is 5.82 Å². The highest BCUT2D eigenvalue weighted by Crippen LogP contribution is 2.33. The number of halogens is 3. The number of aromatic amines is 1. The highest BCUT2D eigenvalue weighted by Gasteiger charge is 2.15. The van der Waals surface area contributed by atoms with E-state index in [2.05, 4.69) is 25.9 Å². The number of fused-ring (bicyclic) bond motifs is 1. The maximum atomic E-state index is 14.0. The molecule has 0 unspecified atom stereocenters. The second-order valence-electron chi connectivity index (χ2n) is 4.10. The molecular formula is C13H7BrClFN2OS. The number of nitrogens with zero attached hydrogens (tertiary/aromatic N) is 1. The fourth-order valence-corrected chi connectivity index (χ4v) is 3.40. The minimum absolute atomic E-state index is 0.129. The SMILES string of the molecule is O=c1[nH]c(CCl)nc2scc(-c3cc(Br)ccc3F)c12. The predicted molar refractivity (Wildman–Crippen MR) is 82.9 cm³/mol. The zero-order valence-corrected chi connectivity index (χ0v) is 13.1. The molecule has 2 heterocycles. The summed E-state index contributed by atoms with van der Waals surface area (Å²) in [5.74, 6) is 0.157. The maximum Gasteiger partial charge on any atom is 0.260 e. The van der Waals surface area contributed by atoms with Gasteiger partial charge in [-0.15, -0.1) is 22.9 Å². The number of alkyl halides is 1. The third kappa shape index (κ3) is 2.28. The zero-order valence-electron chi connectivity index (χ0n) is 9.91. The molecule has 3 aromatic rings. The van der Waals surface area contributed by atoms with Gasteiger partial charge in [-0.25, -0.2) is 9.37 Å². The van der Waals surface area contributed by atoms with E-state index in [1.165, 1.54) is 17.4 Å². The Morgan fingerprint density at radius 2 is 2.20 bits per heavy atom. The maximum absolute atomic E-state index is 14.0. The number of hydrogen-bond donors (Lipinski definition) is 1. The molecule has 0 radical (unpaired) electrons. The van der Waals surface area contributed by atoms with Gasteiger partial charge in [0.25, 0.3) is 5.56 Å².